The lowest BCUT2D eigenvalue weighted by Crippen LogP contribution is -2.43. The Morgan fingerprint density at radius 3 is 3.08 bits per heavy atom. The normalized spacial score (nSPS) is 17.9. The van der Waals surface area contributed by atoms with Gasteiger partial charge in [0.1, 0.15) is 0 Å². The molecular formula is C17H23N5O2. The molecule has 0 spiro atoms. The van der Waals surface area contributed by atoms with Crippen molar-refractivity contribution in [2.45, 2.75) is 39.5 Å². The molecule has 1 saturated heterocycles. The number of aromatic nitrogens is 3. The molecule has 2 aromatic rings. The number of amides is 2. The highest BCUT2D eigenvalue weighted by Crippen LogP contribution is 2.21. The first-order valence-corrected chi connectivity index (χ1v) is 8.48. The van der Waals surface area contributed by atoms with Crippen molar-refractivity contribution in [2.24, 2.45) is 5.92 Å². The lowest BCUT2D eigenvalue weighted by atomic mass is 9.96. The minimum absolute atomic E-state index is 0.0497. The number of piperidine rings is 1. The minimum atomic E-state index is -0.166. The molecule has 2 amide bonds. The SMILES string of the molecule is CCCC(=O)N1CCCC(C(=O)Nc2cnc3n[nH]c(C)c3c2)C1. The number of hydrogen-bond donors (Lipinski definition) is 2. The molecular weight excluding hydrogens is 306 g/mol. The van der Waals surface area contributed by atoms with Crippen molar-refractivity contribution in [1.82, 2.24) is 20.1 Å². The lowest BCUT2D eigenvalue weighted by molar-refractivity contribution is -0.134. The molecule has 128 valence electrons. The average molecular weight is 329 g/mol. The van der Waals surface area contributed by atoms with Crippen LogP contribution in [0.15, 0.2) is 12.3 Å². The van der Waals surface area contributed by atoms with Gasteiger partial charge in [-0.2, -0.15) is 5.10 Å². The summed E-state index contributed by atoms with van der Waals surface area (Å²) in [6.45, 7) is 5.17. The van der Waals surface area contributed by atoms with E-state index in [1.807, 2.05) is 24.8 Å². The summed E-state index contributed by atoms with van der Waals surface area (Å²) in [7, 11) is 0. The number of rotatable bonds is 4. The maximum absolute atomic E-state index is 12.6. The van der Waals surface area contributed by atoms with E-state index in [0.717, 1.165) is 36.9 Å². The molecule has 1 fully saturated rings. The zero-order valence-corrected chi connectivity index (χ0v) is 14.1. The number of nitrogens with zero attached hydrogens (tertiary/aromatic N) is 3. The van der Waals surface area contributed by atoms with E-state index in [-0.39, 0.29) is 17.7 Å². The maximum Gasteiger partial charge on any atom is 0.229 e. The molecule has 0 saturated carbocycles. The Morgan fingerprint density at radius 2 is 2.29 bits per heavy atom. The molecule has 1 aliphatic heterocycles. The van der Waals surface area contributed by atoms with Crippen LogP contribution in [0.4, 0.5) is 5.69 Å². The number of likely N-dealkylation sites (tertiary alicyclic amines) is 1. The zero-order valence-electron chi connectivity index (χ0n) is 14.1. The predicted molar refractivity (Wildman–Crippen MR) is 91.5 cm³/mol. The van der Waals surface area contributed by atoms with Crippen LogP contribution < -0.4 is 5.32 Å². The molecule has 0 bridgehead atoms. The van der Waals surface area contributed by atoms with Crippen LogP contribution in [0.3, 0.4) is 0 Å². The van der Waals surface area contributed by atoms with Crippen LogP contribution in [0.5, 0.6) is 0 Å². The van der Waals surface area contributed by atoms with Gasteiger partial charge in [0, 0.05) is 30.6 Å². The van der Waals surface area contributed by atoms with E-state index < -0.39 is 0 Å². The van der Waals surface area contributed by atoms with Crippen molar-refractivity contribution in [2.75, 3.05) is 18.4 Å². The molecule has 24 heavy (non-hydrogen) atoms. The first-order chi connectivity index (χ1) is 11.6. The Bertz CT molecular complexity index is 755. The lowest BCUT2D eigenvalue weighted by Gasteiger charge is -2.32. The Kier molecular flexibility index (Phi) is 4.78. The van der Waals surface area contributed by atoms with E-state index in [9.17, 15) is 9.59 Å². The van der Waals surface area contributed by atoms with Crippen LogP contribution in [0, 0.1) is 12.8 Å². The van der Waals surface area contributed by atoms with Crippen molar-refractivity contribution in [3.05, 3.63) is 18.0 Å². The van der Waals surface area contributed by atoms with Crippen LogP contribution in [0.1, 0.15) is 38.3 Å². The highest BCUT2D eigenvalue weighted by Gasteiger charge is 2.28. The monoisotopic (exact) mass is 329 g/mol. The van der Waals surface area contributed by atoms with Gasteiger partial charge in [-0.3, -0.25) is 14.7 Å². The first-order valence-electron chi connectivity index (χ1n) is 8.48. The third kappa shape index (κ3) is 3.39. The molecule has 1 unspecified atom stereocenters. The standard InChI is InChI=1S/C17H23N5O2/c1-3-5-15(23)22-7-4-6-12(10-22)17(24)19-13-8-14-11(2)20-21-16(14)18-9-13/h8-9,12H,3-7,10H2,1-2H3,(H,19,24)(H,18,20,21). The highest BCUT2D eigenvalue weighted by atomic mass is 16.2. The maximum atomic E-state index is 12.6. The van der Waals surface area contributed by atoms with E-state index in [4.69, 9.17) is 0 Å². The van der Waals surface area contributed by atoms with Gasteiger partial charge in [0.05, 0.1) is 17.8 Å². The van der Waals surface area contributed by atoms with Crippen LogP contribution in [0.2, 0.25) is 0 Å². The van der Waals surface area contributed by atoms with Crippen molar-refractivity contribution in [3.8, 4) is 0 Å². The van der Waals surface area contributed by atoms with Gasteiger partial charge in [0.25, 0.3) is 0 Å². The Morgan fingerprint density at radius 1 is 1.46 bits per heavy atom. The molecule has 3 rings (SSSR count). The molecule has 2 aromatic heterocycles. The van der Waals surface area contributed by atoms with Gasteiger partial charge in [-0.15, -0.1) is 0 Å². The zero-order chi connectivity index (χ0) is 17.1. The summed E-state index contributed by atoms with van der Waals surface area (Å²) in [6.07, 6.45) is 4.67. The van der Waals surface area contributed by atoms with Gasteiger partial charge in [-0.05, 0) is 32.3 Å². The van der Waals surface area contributed by atoms with Crippen molar-refractivity contribution >= 4 is 28.5 Å². The highest BCUT2D eigenvalue weighted by molar-refractivity contribution is 5.95. The molecule has 2 N–H and O–H groups in total. The average Bonchev–Trinajstić information content (AvgIpc) is 2.96. The van der Waals surface area contributed by atoms with Gasteiger partial charge in [-0.25, -0.2) is 4.98 Å². The molecule has 7 heteroatoms. The van der Waals surface area contributed by atoms with Crippen LogP contribution in [-0.2, 0) is 9.59 Å². The summed E-state index contributed by atoms with van der Waals surface area (Å²) in [6, 6.07) is 1.88. The molecule has 0 aromatic carbocycles. The van der Waals surface area contributed by atoms with E-state index in [1.165, 1.54) is 0 Å². The van der Waals surface area contributed by atoms with Crippen molar-refractivity contribution in [1.29, 1.82) is 0 Å². The largest absolute Gasteiger partial charge is 0.342 e. The third-order valence-electron chi connectivity index (χ3n) is 4.48. The van der Waals surface area contributed by atoms with E-state index in [1.54, 1.807) is 6.20 Å². The van der Waals surface area contributed by atoms with Crippen LogP contribution in [-0.4, -0.2) is 45.0 Å². The fourth-order valence-electron chi connectivity index (χ4n) is 3.12. The number of carbonyl (C=O) groups excluding carboxylic acids is 2. The Hall–Kier alpha value is -2.44. The topological polar surface area (TPSA) is 91.0 Å². The van der Waals surface area contributed by atoms with Crippen molar-refractivity contribution in [3.63, 3.8) is 0 Å². The Balaban J connectivity index is 1.66. The van der Waals surface area contributed by atoms with E-state index >= 15 is 0 Å². The van der Waals surface area contributed by atoms with Gasteiger partial charge in [0.15, 0.2) is 5.65 Å². The summed E-state index contributed by atoms with van der Waals surface area (Å²) < 4.78 is 0. The summed E-state index contributed by atoms with van der Waals surface area (Å²) >= 11 is 0. The summed E-state index contributed by atoms with van der Waals surface area (Å²) in [5.74, 6) is -0.0703. The molecule has 0 radical (unpaired) electrons. The second-order valence-electron chi connectivity index (χ2n) is 6.36. The van der Waals surface area contributed by atoms with E-state index in [2.05, 4.69) is 20.5 Å². The van der Waals surface area contributed by atoms with Gasteiger partial charge in [0.2, 0.25) is 11.8 Å². The second kappa shape index (κ2) is 6.98. The number of carbonyl (C=O) groups is 2. The quantitative estimate of drug-likeness (QED) is 0.900. The number of H-pyrrole nitrogens is 1. The third-order valence-corrected chi connectivity index (χ3v) is 4.48. The van der Waals surface area contributed by atoms with Gasteiger partial charge < -0.3 is 10.2 Å². The van der Waals surface area contributed by atoms with Gasteiger partial charge >= 0.3 is 0 Å². The van der Waals surface area contributed by atoms with Gasteiger partial charge in [-0.1, -0.05) is 6.92 Å². The van der Waals surface area contributed by atoms with Crippen molar-refractivity contribution < 1.29 is 9.59 Å². The number of fused-ring (bicyclic) bond motifs is 1. The van der Waals surface area contributed by atoms with Crippen LogP contribution >= 0.6 is 0 Å². The molecule has 0 aliphatic carbocycles. The number of aryl methyl sites for hydroxylation is 1. The number of hydrogen-bond acceptors (Lipinski definition) is 4. The first kappa shape index (κ1) is 16.4. The predicted octanol–water partition coefficient (Wildman–Crippen LogP) is 2.24. The Labute approximate surface area is 140 Å². The molecule has 3 heterocycles. The number of aromatic amines is 1. The fraction of sp³-hybridized carbons (Fsp3) is 0.529. The minimum Gasteiger partial charge on any atom is -0.342 e. The summed E-state index contributed by atoms with van der Waals surface area (Å²) in [4.78, 5) is 30.7. The fourth-order valence-corrected chi connectivity index (χ4v) is 3.12. The van der Waals surface area contributed by atoms with Crippen LogP contribution in [0.25, 0.3) is 11.0 Å². The smallest absolute Gasteiger partial charge is 0.229 e. The summed E-state index contributed by atoms with van der Waals surface area (Å²) in [5, 5.41) is 10.8. The van der Waals surface area contributed by atoms with E-state index in [0.29, 0.717) is 24.3 Å². The molecule has 1 aliphatic rings. The summed E-state index contributed by atoms with van der Waals surface area (Å²) in [5.41, 5.74) is 2.22. The number of nitrogens with one attached hydrogen (secondary N) is 2. The molecule has 7 nitrogen and oxygen atoms in total. The second-order valence-corrected chi connectivity index (χ2v) is 6.36. The number of anilines is 1. The number of pyridine rings is 1. The molecule has 1 atom stereocenters.